The van der Waals surface area contributed by atoms with E-state index in [1.807, 2.05) is 6.92 Å². The van der Waals surface area contributed by atoms with E-state index >= 15 is 0 Å². The summed E-state index contributed by atoms with van der Waals surface area (Å²) in [5.74, 6) is -1.43. The Bertz CT molecular complexity index is 652. The van der Waals surface area contributed by atoms with Crippen LogP contribution in [-0.2, 0) is 25.5 Å². The lowest BCUT2D eigenvalue weighted by molar-refractivity contribution is -0.145. The fourth-order valence-corrected chi connectivity index (χ4v) is 4.35. The first-order valence-corrected chi connectivity index (χ1v) is 9.64. The zero-order chi connectivity index (χ0) is 18.4. The number of esters is 2. The number of nitrogens with one attached hydrogen (secondary N) is 1. The van der Waals surface area contributed by atoms with E-state index in [0.29, 0.717) is 35.6 Å². The van der Waals surface area contributed by atoms with Crippen LogP contribution >= 0.6 is 11.3 Å². The molecule has 1 aromatic rings. The van der Waals surface area contributed by atoms with Crippen molar-refractivity contribution in [3.8, 4) is 0 Å². The summed E-state index contributed by atoms with van der Waals surface area (Å²) in [5, 5.41) is 3.31. The number of fused-ring (bicyclic) bond motifs is 1. The molecule has 0 saturated carbocycles. The molecule has 0 fully saturated rings. The second-order valence-electron chi connectivity index (χ2n) is 5.86. The van der Waals surface area contributed by atoms with Crippen molar-refractivity contribution in [3.63, 3.8) is 0 Å². The normalized spacial score (nSPS) is 16.0. The number of hydrogen-bond acceptors (Lipinski definition) is 6. The van der Waals surface area contributed by atoms with Crippen LogP contribution in [0.3, 0.4) is 0 Å². The predicted molar refractivity (Wildman–Crippen MR) is 96.1 cm³/mol. The molecule has 0 aromatic carbocycles. The van der Waals surface area contributed by atoms with Crippen LogP contribution in [0.25, 0.3) is 0 Å². The molecule has 2 rings (SSSR count). The number of amides is 1. The van der Waals surface area contributed by atoms with Gasteiger partial charge in [0.2, 0.25) is 5.91 Å². The van der Waals surface area contributed by atoms with Crippen LogP contribution in [0, 0.1) is 0 Å². The number of carbonyl (C=O) groups excluding carboxylic acids is 3. The Morgan fingerprint density at radius 1 is 1.16 bits per heavy atom. The number of hydrogen-bond donors (Lipinski definition) is 1. The van der Waals surface area contributed by atoms with E-state index in [4.69, 9.17) is 9.47 Å². The Balaban J connectivity index is 2.46. The molecule has 6 nitrogen and oxygen atoms in total. The van der Waals surface area contributed by atoms with Gasteiger partial charge in [-0.1, -0.05) is 6.92 Å². The van der Waals surface area contributed by atoms with E-state index in [-0.39, 0.29) is 18.5 Å². The maximum Gasteiger partial charge on any atom is 0.341 e. The van der Waals surface area contributed by atoms with Crippen molar-refractivity contribution in [2.75, 3.05) is 18.5 Å². The Kier molecular flexibility index (Phi) is 6.99. The first-order chi connectivity index (χ1) is 12.0. The number of anilines is 1. The molecule has 0 spiro atoms. The van der Waals surface area contributed by atoms with Crippen molar-refractivity contribution in [2.45, 2.75) is 58.8 Å². The minimum atomic E-state index is -0.497. The first-order valence-electron chi connectivity index (χ1n) is 8.82. The van der Waals surface area contributed by atoms with E-state index in [0.717, 1.165) is 24.1 Å². The van der Waals surface area contributed by atoms with Crippen LogP contribution in [0.5, 0.6) is 0 Å². The zero-order valence-corrected chi connectivity index (χ0v) is 15.8. The third-order valence-electron chi connectivity index (χ3n) is 4.05. The molecule has 1 unspecified atom stereocenters. The summed E-state index contributed by atoms with van der Waals surface area (Å²) in [4.78, 5) is 37.9. The summed E-state index contributed by atoms with van der Waals surface area (Å²) in [6, 6.07) is 0. The molecule has 1 aromatic heterocycles. The summed E-state index contributed by atoms with van der Waals surface area (Å²) in [7, 11) is 0. The standard InChI is InChI=1S/C18H25NO5S/c1-4-8-13(20)19-16-15(18(22)24-6-3)14-11(17(21)23-5-2)9-7-10-12(14)25-16/h11H,4-10H2,1-3H3,(H,19,20). The van der Waals surface area contributed by atoms with Gasteiger partial charge in [-0.05, 0) is 45.1 Å². The summed E-state index contributed by atoms with van der Waals surface area (Å²) >= 11 is 1.37. The third kappa shape index (κ3) is 4.39. The summed E-state index contributed by atoms with van der Waals surface area (Å²) in [6.45, 7) is 5.94. The minimum Gasteiger partial charge on any atom is -0.466 e. The smallest absolute Gasteiger partial charge is 0.341 e. The molecular weight excluding hydrogens is 342 g/mol. The number of ether oxygens (including phenoxy) is 2. The van der Waals surface area contributed by atoms with Gasteiger partial charge in [0.15, 0.2) is 0 Å². The van der Waals surface area contributed by atoms with Gasteiger partial charge in [0, 0.05) is 11.3 Å². The van der Waals surface area contributed by atoms with Gasteiger partial charge >= 0.3 is 11.9 Å². The van der Waals surface area contributed by atoms with Gasteiger partial charge in [-0.2, -0.15) is 0 Å². The molecule has 0 radical (unpaired) electrons. The van der Waals surface area contributed by atoms with Crippen molar-refractivity contribution < 1.29 is 23.9 Å². The lowest BCUT2D eigenvalue weighted by atomic mass is 9.85. The van der Waals surface area contributed by atoms with E-state index in [9.17, 15) is 14.4 Å². The quantitative estimate of drug-likeness (QED) is 0.744. The topological polar surface area (TPSA) is 81.7 Å². The molecule has 1 atom stereocenters. The molecule has 138 valence electrons. The molecule has 7 heteroatoms. The molecular formula is C18H25NO5S. The first kappa shape index (κ1) is 19.4. The van der Waals surface area contributed by atoms with Crippen LogP contribution < -0.4 is 5.32 Å². The predicted octanol–water partition coefficient (Wildman–Crippen LogP) is 3.65. The molecule has 1 amide bonds. The lowest BCUT2D eigenvalue weighted by Gasteiger charge is -2.22. The van der Waals surface area contributed by atoms with Gasteiger partial charge in [0.1, 0.15) is 5.00 Å². The van der Waals surface area contributed by atoms with Gasteiger partial charge in [-0.15, -0.1) is 11.3 Å². The van der Waals surface area contributed by atoms with Crippen molar-refractivity contribution in [3.05, 3.63) is 16.0 Å². The lowest BCUT2D eigenvalue weighted by Crippen LogP contribution is -2.23. The Morgan fingerprint density at radius 3 is 2.52 bits per heavy atom. The van der Waals surface area contributed by atoms with Gasteiger partial charge in [-0.3, -0.25) is 9.59 Å². The summed E-state index contributed by atoms with van der Waals surface area (Å²) in [6.07, 6.45) is 3.37. The maximum atomic E-state index is 12.5. The third-order valence-corrected chi connectivity index (χ3v) is 5.23. The van der Waals surface area contributed by atoms with E-state index < -0.39 is 11.9 Å². The second-order valence-corrected chi connectivity index (χ2v) is 6.96. The van der Waals surface area contributed by atoms with Crippen LogP contribution in [0.4, 0.5) is 5.00 Å². The van der Waals surface area contributed by atoms with Crippen LogP contribution in [0.15, 0.2) is 0 Å². The van der Waals surface area contributed by atoms with Crippen LogP contribution in [-0.4, -0.2) is 31.1 Å². The molecule has 1 aliphatic carbocycles. The highest BCUT2D eigenvalue weighted by molar-refractivity contribution is 7.17. The van der Waals surface area contributed by atoms with Gasteiger partial charge < -0.3 is 14.8 Å². The van der Waals surface area contributed by atoms with Crippen molar-refractivity contribution in [1.82, 2.24) is 0 Å². The van der Waals surface area contributed by atoms with Crippen LogP contribution in [0.2, 0.25) is 0 Å². The van der Waals surface area contributed by atoms with Crippen molar-refractivity contribution >= 4 is 34.2 Å². The highest BCUT2D eigenvalue weighted by Crippen LogP contribution is 2.44. The molecule has 0 saturated heterocycles. The van der Waals surface area contributed by atoms with E-state index in [2.05, 4.69) is 5.32 Å². The van der Waals surface area contributed by atoms with Crippen molar-refractivity contribution in [1.29, 1.82) is 0 Å². The molecule has 1 aliphatic rings. The maximum absolute atomic E-state index is 12.5. The average molecular weight is 367 g/mol. The average Bonchev–Trinajstić information content (AvgIpc) is 2.93. The Morgan fingerprint density at radius 2 is 1.88 bits per heavy atom. The monoisotopic (exact) mass is 367 g/mol. The largest absolute Gasteiger partial charge is 0.466 e. The van der Waals surface area contributed by atoms with E-state index in [1.165, 1.54) is 11.3 Å². The Hall–Kier alpha value is -1.89. The molecule has 1 N–H and O–H groups in total. The number of thiophene rings is 1. The highest BCUT2D eigenvalue weighted by Gasteiger charge is 2.36. The fourth-order valence-electron chi connectivity index (χ4n) is 3.04. The van der Waals surface area contributed by atoms with Gasteiger partial charge in [-0.25, -0.2) is 4.79 Å². The summed E-state index contributed by atoms with van der Waals surface area (Å²) in [5.41, 5.74) is 1.00. The van der Waals surface area contributed by atoms with E-state index in [1.54, 1.807) is 13.8 Å². The van der Waals surface area contributed by atoms with Gasteiger partial charge in [0.25, 0.3) is 0 Å². The number of carbonyl (C=O) groups is 3. The molecule has 1 heterocycles. The molecule has 0 aliphatic heterocycles. The van der Waals surface area contributed by atoms with Gasteiger partial charge in [0.05, 0.1) is 24.7 Å². The van der Waals surface area contributed by atoms with Crippen LogP contribution in [0.1, 0.15) is 73.2 Å². The van der Waals surface area contributed by atoms with Crippen molar-refractivity contribution in [2.24, 2.45) is 0 Å². The fraction of sp³-hybridized carbons (Fsp3) is 0.611. The summed E-state index contributed by atoms with van der Waals surface area (Å²) < 4.78 is 10.4. The molecule has 0 bridgehead atoms. The Labute approximate surface area is 151 Å². The molecule has 25 heavy (non-hydrogen) atoms. The highest BCUT2D eigenvalue weighted by atomic mass is 32.1. The minimum absolute atomic E-state index is 0.140. The number of rotatable bonds is 7. The zero-order valence-electron chi connectivity index (χ0n) is 15.0. The second kappa shape index (κ2) is 8.99. The SMILES string of the molecule is CCCC(=O)Nc1sc2c(c1C(=O)OCC)C(C(=O)OCC)CCC2. The number of aryl methyl sites for hydroxylation is 1.